The van der Waals surface area contributed by atoms with Crippen molar-refractivity contribution < 1.29 is 9.21 Å². The lowest BCUT2D eigenvalue weighted by Crippen LogP contribution is -2.47. The van der Waals surface area contributed by atoms with Gasteiger partial charge < -0.3 is 14.2 Å². The molecule has 6 nitrogen and oxygen atoms in total. The number of aromatic nitrogens is 2. The smallest absolute Gasteiger partial charge is 0.225 e. The molecule has 1 aromatic carbocycles. The summed E-state index contributed by atoms with van der Waals surface area (Å²) in [4.78, 5) is 26.9. The summed E-state index contributed by atoms with van der Waals surface area (Å²) in [5.41, 5.74) is 3.61. The minimum Gasteiger partial charge on any atom is -0.469 e. The number of carbonyl (C=O) groups is 1. The Bertz CT molecular complexity index is 1010. The molecular formula is C23H24N4O2. The summed E-state index contributed by atoms with van der Waals surface area (Å²) >= 11 is 0. The number of benzene rings is 1. The first kappa shape index (κ1) is 17.9. The van der Waals surface area contributed by atoms with Gasteiger partial charge in [0.25, 0.3) is 0 Å². The molecule has 1 saturated heterocycles. The van der Waals surface area contributed by atoms with Crippen LogP contribution in [0.4, 0.5) is 11.6 Å². The van der Waals surface area contributed by atoms with Gasteiger partial charge >= 0.3 is 0 Å². The normalized spacial score (nSPS) is 19.3. The van der Waals surface area contributed by atoms with E-state index in [1.807, 2.05) is 25.1 Å². The topological polar surface area (TPSA) is 62.5 Å². The molecule has 1 aliphatic heterocycles. The molecule has 29 heavy (non-hydrogen) atoms. The first-order valence-corrected chi connectivity index (χ1v) is 10.2. The maximum Gasteiger partial charge on any atom is 0.225 e. The van der Waals surface area contributed by atoms with Gasteiger partial charge in [-0.3, -0.25) is 4.79 Å². The van der Waals surface area contributed by atoms with Crippen molar-refractivity contribution in [1.82, 2.24) is 9.97 Å². The maximum absolute atomic E-state index is 12.8. The van der Waals surface area contributed by atoms with E-state index in [1.165, 1.54) is 5.69 Å². The molecule has 0 amide bonds. The third-order valence-corrected chi connectivity index (χ3v) is 5.93. The fourth-order valence-corrected chi connectivity index (χ4v) is 4.43. The zero-order valence-electron chi connectivity index (χ0n) is 16.5. The predicted octanol–water partition coefficient (Wildman–Crippen LogP) is 3.62. The Morgan fingerprint density at radius 3 is 2.41 bits per heavy atom. The van der Waals surface area contributed by atoms with Gasteiger partial charge in [0.15, 0.2) is 5.78 Å². The van der Waals surface area contributed by atoms with Crippen molar-refractivity contribution >= 4 is 17.4 Å². The van der Waals surface area contributed by atoms with E-state index in [2.05, 4.69) is 34.1 Å². The number of nitrogens with zero attached hydrogens (tertiary/aromatic N) is 4. The lowest BCUT2D eigenvalue weighted by Gasteiger charge is -2.36. The summed E-state index contributed by atoms with van der Waals surface area (Å²) in [6, 6.07) is 14.3. The predicted molar refractivity (Wildman–Crippen MR) is 112 cm³/mol. The highest BCUT2D eigenvalue weighted by Gasteiger charge is 2.32. The first-order chi connectivity index (χ1) is 14.2. The van der Waals surface area contributed by atoms with Crippen LogP contribution in [0.3, 0.4) is 0 Å². The van der Waals surface area contributed by atoms with E-state index < -0.39 is 0 Å². The van der Waals surface area contributed by atoms with Gasteiger partial charge in [0.2, 0.25) is 5.95 Å². The largest absolute Gasteiger partial charge is 0.469 e. The van der Waals surface area contributed by atoms with Crippen LogP contribution in [0.5, 0.6) is 0 Å². The molecule has 1 atom stereocenters. The molecule has 0 bridgehead atoms. The highest BCUT2D eigenvalue weighted by atomic mass is 16.3. The zero-order valence-corrected chi connectivity index (χ0v) is 16.5. The Kier molecular flexibility index (Phi) is 4.54. The summed E-state index contributed by atoms with van der Waals surface area (Å²) in [7, 11) is 0. The highest BCUT2D eigenvalue weighted by molar-refractivity contribution is 5.99. The standard InChI is InChI=1S/C23H24N4O2/c1-16-22-19(14-17(15-20(22)28)21-8-5-13-29-21)25-23(24-16)27-11-9-26(10-12-27)18-6-3-2-4-7-18/h2-8,13,17H,9-12,14-15H2,1H3/t17-/m0/s1. The number of aryl methyl sites for hydroxylation is 1. The Balaban J connectivity index is 1.37. The Morgan fingerprint density at radius 2 is 1.69 bits per heavy atom. The van der Waals surface area contributed by atoms with Crippen LogP contribution in [-0.2, 0) is 6.42 Å². The zero-order chi connectivity index (χ0) is 19.8. The second-order valence-electron chi connectivity index (χ2n) is 7.78. The van der Waals surface area contributed by atoms with Crippen LogP contribution in [-0.4, -0.2) is 41.9 Å². The van der Waals surface area contributed by atoms with E-state index in [9.17, 15) is 4.79 Å². The SMILES string of the molecule is Cc1nc(N2CCN(c3ccccc3)CC2)nc2c1C(=O)C[C@@H](c1ccco1)C2. The molecule has 0 saturated carbocycles. The number of hydrogen-bond acceptors (Lipinski definition) is 6. The molecule has 1 aliphatic carbocycles. The lowest BCUT2D eigenvalue weighted by molar-refractivity contribution is 0.0958. The molecule has 3 aromatic rings. The van der Waals surface area contributed by atoms with Gasteiger partial charge in [0.05, 0.1) is 23.2 Å². The van der Waals surface area contributed by atoms with Crippen molar-refractivity contribution in [3.05, 3.63) is 71.4 Å². The number of carbonyl (C=O) groups excluding carboxylic acids is 1. The van der Waals surface area contributed by atoms with Gasteiger partial charge in [-0.25, -0.2) is 9.97 Å². The van der Waals surface area contributed by atoms with Gasteiger partial charge in [-0.1, -0.05) is 18.2 Å². The van der Waals surface area contributed by atoms with E-state index >= 15 is 0 Å². The molecule has 3 heterocycles. The van der Waals surface area contributed by atoms with Crippen molar-refractivity contribution in [3.63, 3.8) is 0 Å². The number of para-hydroxylation sites is 1. The van der Waals surface area contributed by atoms with Crippen molar-refractivity contribution in [1.29, 1.82) is 0 Å². The molecular weight excluding hydrogens is 364 g/mol. The van der Waals surface area contributed by atoms with Gasteiger partial charge in [-0.05, 0) is 31.2 Å². The van der Waals surface area contributed by atoms with Crippen LogP contribution in [0.1, 0.15) is 39.8 Å². The average Bonchev–Trinajstić information content (AvgIpc) is 3.29. The number of rotatable bonds is 3. The Morgan fingerprint density at radius 1 is 0.931 bits per heavy atom. The van der Waals surface area contributed by atoms with Crippen LogP contribution in [0, 0.1) is 6.92 Å². The van der Waals surface area contributed by atoms with E-state index in [-0.39, 0.29) is 11.7 Å². The van der Waals surface area contributed by atoms with Gasteiger partial charge in [0, 0.05) is 50.6 Å². The number of Topliss-reactive ketones (excluding diaryl/α,β-unsaturated/α-hetero) is 1. The molecule has 148 valence electrons. The van der Waals surface area contributed by atoms with Crippen LogP contribution >= 0.6 is 0 Å². The minimum atomic E-state index is 0.0575. The van der Waals surface area contributed by atoms with Crippen molar-refractivity contribution in [2.24, 2.45) is 0 Å². The van der Waals surface area contributed by atoms with Gasteiger partial charge in [-0.15, -0.1) is 0 Å². The maximum atomic E-state index is 12.8. The fraction of sp³-hybridized carbons (Fsp3) is 0.348. The summed E-state index contributed by atoms with van der Waals surface area (Å²) in [6.07, 6.45) is 2.84. The summed E-state index contributed by atoms with van der Waals surface area (Å²) in [5.74, 6) is 1.77. The second-order valence-corrected chi connectivity index (χ2v) is 7.78. The molecule has 0 unspecified atom stereocenters. The van der Waals surface area contributed by atoms with E-state index in [0.29, 0.717) is 12.0 Å². The van der Waals surface area contributed by atoms with E-state index in [1.54, 1.807) is 6.26 Å². The van der Waals surface area contributed by atoms with Crippen molar-refractivity contribution in [2.75, 3.05) is 36.0 Å². The quantitative estimate of drug-likeness (QED) is 0.683. The molecule has 0 radical (unpaired) electrons. The molecule has 6 heteroatoms. The number of ketones is 1. The second kappa shape index (κ2) is 7.35. The van der Waals surface area contributed by atoms with E-state index in [0.717, 1.165) is 55.7 Å². The van der Waals surface area contributed by atoms with E-state index in [4.69, 9.17) is 14.4 Å². The lowest BCUT2D eigenvalue weighted by atomic mass is 9.84. The average molecular weight is 388 g/mol. The third-order valence-electron chi connectivity index (χ3n) is 5.93. The van der Waals surface area contributed by atoms with Crippen LogP contribution in [0.15, 0.2) is 53.1 Å². The first-order valence-electron chi connectivity index (χ1n) is 10.2. The Hall–Kier alpha value is -3.15. The van der Waals surface area contributed by atoms with Crippen LogP contribution < -0.4 is 9.80 Å². The third kappa shape index (κ3) is 3.39. The molecule has 5 rings (SSSR count). The van der Waals surface area contributed by atoms with Gasteiger partial charge in [-0.2, -0.15) is 0 Å². The number of furan rings is 1. The molecule has 0 spiro atoms. The monoisotopic (exact) mass is 388 g/mol. The fourth-order valence-electron chi connectivity index (χ4n) is 4.43. The van der Waals surface area contributed by atoms with Gasteiger partial charge in [0.1, 0.15) is 5.76 Å². The van der Waals surface area contributed by atoms with Crippen LogP contribution in [0.25, 0.3) is 0 Å². The number of hydrogen-bond donors (Lipinski definition) is 0. The minimum absolute atomic E-state index is 0.0575. The summed E-state index contributed by atoms with van der Waals surface area (Å²) in [6.45, 7) is 5.51. The molecule has 1 fully saturated rings. The van der Waals surface area contributed by atoms with Crippen molar-refractivity contribution in [2.45, 2.75) is 25.7 Å². The van der Waals surface area contributed by atoms with Crippen molar-refractivity contribution in [3.8, 4) is 0 Å². The molecule has 2 aromatic heterocycles. The summed E-state index contributed by atoms with van der Waals surface area (Å²) in [5, 5.41) is 0. The highest BCUT2D eigenvalue weighted by Crippen LogP contribution is 2.34. The van der Waals surface area contributed by atoms with Crippen LogP contribution in [0.2, 0.25) is 0 Å². The number of anilines is 2. The summed E-state index contributed by atoms with van der Waals surface area (Å²) < 4.78 is 5.56. The number of fused-ring (bicyclic) bond motifs is 1. The Labute approximate surface area is 170 Å². The number of piperazine rings is 1. The molecule has 2 aliphatic rings. The molecule has 0 N–H and O–H groups in total.